The number of nitrogens with one attached hydrogen (secondary N) is 3. The predicted octanol–water partition coefficient (Wildman–Crippen LogP) is 0.609. The van der Waals surface area contributed by atoms with Gasteiger partial charge >= 0.3 is 0 Å². The highest BCUT2D eigenvalue weighted by atomic mass is 16.5. The molecular formula is C21H29N3O2+2. The molecule has 26 heavy (non-hydrogen) atoms. The molecule has 1 atom stereocenters. The quantitative estimate of drug-likeness (QED) is 0.711. The molecule has 2 aromatic rings. The van der Waals surface area contributed by atoms with Gasteiger partial charge in [0.1, 0.15) is 37.7 Å². The highest BCUT2D eigenvalue weighted by Crippen LogP contribution is 2.22. The van der Waals surface area contributed by atoms with E-state index in [9.17, 15) is 4.79 Å². The largest absolute Gasteiger partial charge is 0.457 e. The number of amides is 1. The van der Waals surface area contributed by atoms with E-state index < -0.39 is 0 Å². The number of benzene rings is 2. The Kier molecular flexibility index (Phi) is 6.26. The topological polar surface area (TPSA) is 47.2 Å². The second-order valence-electron chi connectivity index (χ2n) is 6.91. The summed E-state index contributed by atoms with van der Waals surface area (Å²) in [5.41, 5.74) is 0.805. The van der Waals surface area contributed by atoms with E-state index in [2.05, 4.69) is 12.2 Å². The van der Waals surface area contributed by atoms with E-state index >= 15 is 0 Å². The van der Waals surface area contributed by atoms with Crippen LogP contribution in [0, 0.1) is 0 Å². The van der Waals surface area contributed by atoms with Crippen molar-refractivity contribution in [3.05, 3.63) is 54.6 Å². The highest BCUT2D eigenvalue weighted by molar-refractivity contribution is 5.93. The molecule has 5 nitrogen and oxygen atoms in total. The van der Waals surface area contributed by atoms with Crippen LogP contribution < -0.4 is 19.9 Å². The van der Waals surface area contributed by atoms with Gasteiger partial charge in [0.25, 0.3) is 5.91 Å². The minimum atomic E-state index is -0.0337. The first-order valence-corrected chi connectivity index (χ1v) is 9.47. The summed E-state index contributed by atoms with van der Waals surface area (Å²) in [6, 6.07) is 17.2. The van der Waals surface area contributed by atoms with Crippen LogP contribution in [-0.2, 0) is 4.79 Å². The number of ether oxygens (including phenoxy) is 1. The number of carbonyl (C=O) groups is 1. The van der Waals surface area contributed by atoms with Gasteiger partial charge in [-0.25, -0.2) is 0 Å². The number of likely N-dealkylation sites (N-methyl/N-ethyl adjacent to an activating group) is 1. The lowest BCUT2D eigenvalue weighted by atomic mass is 10.2. The fourth-order valence-electron chi connectivity index (χ4n) is 3.38. The standard InChI is InChI=1S/C21H27N3O2/c1-3-23-13-15-24(16-14-23)17(2)21(25)22-18-9-11-20(12-10-18)26-19-7-5-4-6-8-19/h4-12,17H,3,13-16H2,1-2H3,(H,22,25)/p+2/t17-/m1/s1. The molecule has 1 heterocycles. The van der Waals surface area contributed by atoms with Gasteiger partial charge in [0, 0.05) is 5.69 Å². The van der Waals surface area contributed by atoms with Crippen LogP contribution in [-0.4, -0.2) is 44.7 Å². The summed E-state index contributed by atoms with van der Waals surface area (Å²) in [5.74, 6) is 1.64. The molecule has 1 aliphatic rings. The number of rotatable bonds is 6. The molecule has 1 fully saturated rings. The maximum absolute atomic E-state index is 12.6. The van der Waals surface area contributed by atoms with Crippen LogP contribution in [0.1, 0.15) is 13.8 Å². The molecular weight excluding hydrogens is 326 g/mol. The maximum Gasteiger partial charge on any atom is 0.282 e. The number of para-hydroxylation sites is 1. The Bertz CT molecular complexity index is 695. The van der Waals surface area contributed by atoms with Crippen molar-refractivity contribution >= 4 is 11.6 Å². The van der Waals surface area contributed by atoms with Crippen molar-refractivity contribution < 1.29 is 19.3 Å². The van der Waals surface area contributed by atoms with Crippen molar-refractivity contribution in [3.63, 3.8) is 0 Å². The summed E-state index contributed by atoms with van der Waals surface area (Å²) in [5, 5.41) is 3.03. The van der Waals surface area contributed by atoms with Crippen LogP contribution in [0.4, 0.5) is 5.69 Å². The Morgan fingerprint density at radius 2 is 1.62 bits per heavy atom. The van der Waals surface area contributed by atoms with Crippen LogP contribution in [0.3, 0.4) is 0 Å². The number of hydrogen-bond acceptors (Lipinski definition) is 2. The van der Waals surface area contributed by atoms with Gasteiger partial charge in [0.2, 0.25) is 0 Å². The van der Waals surface area contributed by atoms with Crippen LogP contribution in [0.2, 0.25) is 0 Å². The van der Waals surface area contributed by atoms with E-state index in [4.69, 9.17) is 4.74 Å². The summed E-state index contributed by atoms with van der Waals surface area (Å²) in [7, 11) is 0. The lowest BCUT2D eigenvalue weighted by Gasteiger charge is -2.32. The molecule has 0 spiro atoms. The van der Waals surface area contributed by atoms with Gasteiger partial charge in [0.05, 0.1) is 6.54 Å². The number of quaternary nitrogens is 2. The Balaban J connectivity index is 1.52. The molecule has 0 unspecified atom stereocenters. The monoisotopic (exact) mass is 355 g/mol. The first kappa shape index (κ1) is 18.4. The molecule has 0 saturated carbocycles. The minimum Gasteiger partial charge on any atom is -0.457 e. The van der Waals surface area contributed by atoms with Crippen molar-refractivity contribution in [2.24, 2.45) is 0 Å². The number of piperazine rings is 1. The highest BCUT2D eigenvalue weighted by Gasteiger charge is 2.30. The van der Waals surface area contributed by atoms with Crippen LogP contribution in [0.25, 0.3) is 0 Å². The molecule has 1 aliphatic heterocycles. The molecule has 0 aliphatic carbocycles. The summed E-state index contributed by atoms with van der Waals surface area (Å²) in [6.45, 7) is 9.83. The lowest BCUT2D eigenvalue weighted by Crippen LogP contribution is -3.29. The molecule has 0 radical (unpaired) electrons. The van der Waals surface area contributed by atoms with Gasteiger partial charge in [0.15, 0.2) is 6.04 Å². The van der Waals surface area contributed by atoms with Crippen molar-refractivity contribution in [3.8, 4) is 11.5 Å². The Labute approximate surface area is 155 Å². The molecule has 1 saturated heterocycles. The zero-order valence-electron chi connectivity index (χ0n) is 15.6. The van der Waals surface area contributed by atoms with Gasteiger partial charge in [-0.3, -0.25) is 4.79 Å². The third-order valence-corrected chi connectivity index (χ3v) is 5.21. The van der Waals surface area contributed by atoms with Gasteiger partial charge in [-0.2, -0.15) is 0 Å². The minimum absolute atomic E-state index is 0.0337. The van der Waals surface area contributed by atoms with Crippen LogP contribution in [0.5, 0.6) is 11.5 Å². The third-order valence-electron chi connectivity index (χ3n) is 5.21. The SMILES string of the molecule is CC[NH+]1CC[NH+]([C@H](C)C(=O)Nc2ccc(Oc3ccccc3)cc2)CC1. The Morgan fingerprint density at radius 1 is 1.00 bits per heavy atom. The smallest absolute Gasteiger partial charge is 0.282 e. The predicted molar refractivity (Wildman–Crippen MR) is 103 cm³/mol. The molecule has 3 rings (SSSR count). The van der Waals surface area contributed by atoms with Gasteiger partial charge in [-0.05, 0) is 50.2 Å². The van der Waals surface area contributed by atoms with E-state index in [1.54, 1.807) is 4.90 Å². The molecule has 138 valence electrons. The van der Waals surface area contributed by atoms with E-state index in [0.29, 0.717) is 0 Å². The zero-order chi connectivity index (χ0) is 18.4. The van der Waals surface area contributed by atoms with Crippen molar-refractivity contribution in [1.29, 1.82) is 0 Å². The molecule has 1 amide bonds. The summed E-state index contributed by atoms with van der Waals surface area (Å²) in [6.07, 6.45) is 0. The second-order valence-corrected chi connectivity index (χ2v) is 6.91. The Hall–Kier alpha value is -2.37. The summed E-state index contributed by atoms with van der Waals surface area (Å²) < 4.78 is 5.78. The average molecular weight is 355 g/mol. The summed E-state index contributed by atoms with van der Waals surface area (Å²) in [4.78, 5) is 15.6. The molecule has 0 aromatic heterocycles. The third kappa shape index (κ3) is 4.84. The van der Waals surface area contributed by atoms with Crippen LogP contribution >= 0.6 is 0 Å². The fourth-order valence-corrected chi connectivity index (χ4v) is 3.38. The molecule has 5 heteroatoms. The van der Waals surface area contributed by atoms with Gasteiger partial charge in [-0.1, -0.05) is 18.2 Å². The maximum atomic E-state index is 12.6. The summed E-state index contributed by atoms with van der Waals surface area (Å²) >= 11 is 0. The van der Waals surface area contributed by atoms with Crippen LogP contribution in [0.15, 0.2) is 54.6 Å². The number of hydrogen-bond donors (Lipinski definition) is 3. The number of anilines is 1. The zero-order valence-corrected chi connectivity index (χ0v) is 15.6. The van der Waals surface area contributed by atoms with Crippen molar-refractivity contribution in [2.75, 3.05) is 38.0 Å². The van der Waals surface area contributed by atoms with Gasteiger partial charge < -0.3 is 19.9 Å². The fraction of sp³-hybridized carbons (Fsp3) is 0.381. The van der Waals surface area contributed by atoms with E-state index in [-0.39, 0.29) is 11.9 Å². The van der Waals surface area contributed by atoms with Crippen molar-refractivity contribution in [2.45, 2.75) is 19.9 Å². The Morgan fingerprint density at radius 3 is 2.23 bits per heavy atom. The molecule has 0 bridgehead atoms. The first-order chi connectivity index (χ1) is 12.7. The second kappa shape index (κ2) is 8.83. The van der Waals surface area contributed by atoms with Crippen molar-refractivity contribution in [1.82, 2.24) is 0 Å². The van der Waals surface area contributed by atoms with Gasteiger partial charge in [-0.15, -0.1) is 0 Å². The average Bonchev–Trinajstić information content (AvgIpc) is 2.70. The van der Waals surface area contributed by atoms with E-state index in [1.165, 1.54) is 11.4 Å². The van der Waals surface area contributed by atoms with E-state index in [0.717, 1.165) is 43.4 Å². The normalized spacial score (nSPS) is 21.0. The lowest BCUT2D eigenvalue weighted by molar-refractivity contribution is -1.02. The van der Waals surface area contributed by atoms with E-state index in [1.807, 2.05) is 61.5 Å². The first-order valence-electron chi connectivity index (χ1n) is 9.47. The number of carbonyl (C=O) groups excluding carboxylic acids is 1. The molecule has 2 aromatic carbocycles. The molecule has 3 N–H and O–H groups in total.